The zero-order valence-corrected chi connectivity index (χ0v) is 10.2. The lowest BCUT2D eigenvalue weighted by molar-refractivity contribution is 0.882. The first-order valence-corrected chi connectivity index (χ1v) is 5.62. The Balaban J connectivity index is 2.16. The molecular formula is C10H9BrN4O2. The fourth-order valence-electron chi connectivity index (χ4n) is 1.29. The number of nitrogens with one attached hydrogen (secondary N) is 3. The standard InChI is InChI=1S/C10H9BrN4O2/c11-7-4-2-1-3-6(7)5-12-8-9(16)13-10(17)15-14-8/h1-4H,5H2,(H,12,14)(H2,13,15,16,17). The molecule has 88 valence electrons. The lowest BCUT2D eigenvalue weighted by atomic mass is 10.2. The fourth-order valence-corrected chi connectivity index (χ4v) is 1.71. The first kappa shape index (κ1) is 11.6. The maximum atomic E-state index is 11.3. The van der Waals surface area contributed by atoms with Crippen LogP contribution < -0.4 is 16.6 Å². The topological polar surface area (TPSA) is 90.6 Å². The van der Waals surface area contributed by atoms with E-state index < -0.39 is 11.2 Å². The first-order chi connectivity index (χ1) is 8.16. The molecule has 0 atom stereocenters. The highest BCUT2D eigenvalue weighted by atomic mass is 79.9. The van der Waals surface area contributed by atoms with Crippen molar-refractivity contribution in [2.45, 2.75) is 6.54 Å². The summed E-state index contributed by atoms with van der Waals surface area (Å²) >= 11 is 3.40. The molecule has 0 spiro atoms. The van der Waals surface area contributed by atoms with Gasteiger partial charge in [-0.1, -0.05) is 34.1 Å². The van der Waals surface area contributed by atoms with Crippen LogP contribution in [-0.4, -0.2) is 15.2 Å². The van der Waals surface area contributed by atoms with Crippen LogP contribution in [-0.2, 0) is 6.54 Å². The van der Waals surface area contributed by atoms with Gasteiger partial charge in [0.15, 0.2) is 0 Å². The number of aromatic nitrogens is 3. The Kier molecular flexibility index (Phi) is 3.38. The van der Waals surface area contributed by atoms with Gasteiger partial charge < -0.3 is 5.32 Å². The van der Waals surface area contributed by atoms with Gasteiger partial charge in [0.25, 0.3) is 5.56 Å². The molecule has 0 aliphatic rings. The molecule has 1 heterocycles. The number of anilines is 1. The van der Waals surface area contributed by atoms with Crippen molar-refractivity contribution in [3.05, 3.63) is 55.1 Å². The third kappa shape index (κ3) is 2.82. The van der Waals surface area contributed by atoms with Crippen LogP contribution in [0.3, 0.4) is 0 Å². The van der Waals surface area contributed by atoms with Crippen molar-refractivity contribution in [2.75, 3.05) is 5.32 Å². The van der Waals surface area contributed by atoms with E-state index in [1.165, 1.54) is 0 Å². The van der Waals surface area contributed by atoms with Crippen molar-refractivity contribution in [1.82, 2.24) is 15.2 Å². The van der Waals surface area contributed by atoms with Crippen LogP contribution in [0.15, 0.2) is 38.3 Å². The van der Waals surface area contributed by atoms with Gasteiger partial charge in [-0.25, -0.2) is 9.89 Å². The summed E-state index contributed by atoms with van der Waals surface area (Å²) < 4.78 is 0.938. The van der Waals surface area contributed by atoms with Gasteiger partial charge in [-0.15, -0.1) is 5.10 Å². The van der Waals surface area contributed by atoms with Crippen molar-refractivity contribution in [3.8, 4) is 0 Å². The minimum Gasteiger partial charge on any atom is -0.360 e. The molecule has 17 heavy (non-hydrogen) atoms. The molecule has 0 radical (unpaired) electrons. The predicted octanol–water partition coefficient (Wildman–Crippen LogP) is 0.833. The van der Waals surface area contributed by atoms with Gasteiger partial charge in [0.2, 0.25) is 5.82 Å². The molecule has 0 fully saturated rings. The van der Waals surface area contributed by atoms with E-state index >= 15 is 0 Å². The lowest BCUT2D eigenvalue weighted by Gasteiger charge is -2.05. The Morgan fingerprint density at radius 1 is 1.29 bits per heavy atom. The number of H-pyrrole nitrogens is 2. The summed E-state index contributed by atoms with van der Waals surface area (Å²) in [6, 6.07) is 7.61. The molecule has 0 aliphatic carbocycles. The van der Waals surface area contributed by atoms with Crippen molar-refractivity contribution in [2.24, 2.45) is 0 Å². The van der Waals surface area contributed by atoms with E-state index in [2.05, 4.69) is 36.4 Å². The second-order valence-electron chi connectivity index (χ2n) is 3.30. The number of nitrogens with zero attached hydrogens (tertiary/aromatic N) is 1. The molecule has 0 amide bonds. The highest BCUT2D eigenvalue weighted by Crippen LogP contribution is 2.16. The van der Waals surface area contributed by atoms with Crippen LogP contribution in [0.5, 0.6) is 0 Å². The number of halogens is 1. The SMILES string of the molecule is O=c1[nH]nc(NCc2ccccc2Br)c(=O)[nH]1. The van der Waals surface area contributed by atoms with Crippen molar-refractivity contribution < 1.29 is 0 Å². The third-order valence-corrected chi connectivity index (χ3v) is 2.89. The zero-order chi connectivity index (χ0) is 12.3. The van der Waals surface area contributed by atoms with E-state index in [0.29, 0.717) is 6.54 Å². The maximum Gasteiger partial charge on any atom is 0.342 e. The maximum absolute atomic E-state index is 11.3. The highest BCUT2D eigenvalue weighted by Gasteiger charge is 2.03. The van der Waals surface area contributed by atoms with E-state index in [1.807, 2.05) is 24.3 Å². The summed E-state index contributed by atoms with van der Waals surface area (Å²) in [4.78, 5) is 24.2. The monoisotopic (exact) mass is 296 g/mol. The summed E-state index contributed by atoms with van der Waals surface area (Å²) in [5, 5.41) is 8.61. The molecule has 1 aromatic heterocycles. The van der Waals surface area contributed by atoms with Gasteiger partial charge in [-0.3, -0.25) is 9.78 Å². The largest absolute Gasteiger partial charge is 0.360 e. The molecule has 0 unspecified atom stereocenters. The molecule has 2 rings (SSSR count). The van der Waals surface area contributed by atoms with E-state index in [4.69, 9.17) is 0 Å². The van der Waals surface area contributed by atoms with Gasteiger partial charge >= 0.3 is 5.69 Å². The quantitative estimate of drug-likeness (QED) is 0.782. The molecule has 7 heteroatoms. The van der Waals surface area contributed by atoms with E-state index in [1.54, 1.807) is 0 Å². The van der Waals surface area contributed by atoms with Crippen molar-refractivity contribution in [3.63, 3.8) is 0 Å². The van der Waals surface area contributed by atoms with Crippen LogP contribution >= 0.6 is 15.9 Å². The zero-order valence-electron chi connectivity index (χ0n) is 8.66. The lowest BCUT2D eigenvalue weighted by Crippen LogP contribution is -2.26. The normalized spacial score (nSPS) is 10.2. The number of hydrogen-bond donors (Lipinski definition) is 3. The minimum absolute atomic E-state index is 0.0837. The second kappa shape index (κ2) is 4.96. The summed E-state index contributed by atoms with van der Waals surface area (Å²) in [7, 11) is 0. The Bertz CT molecular complexity index is 634. The second-order valence-corrected chi connectivity index (χ2v) is 4.15. The van der Waals surface area contributed by atoms with Gasteiger partial charge in [-0.05, 0) is 11.6 Å². The number of benzene rings is 1. The first-order valence-electron chi connectivity index (χ1n) is 4.83. The van der Waals surface area contributed by atoms with Crippen LogP contribution in [0.1, 0.15) is 5.56 Å². The average Bonchev–Trinajstić information content (AvgIpc) is 2.30. The van der Waals surface area contributed by atoms with Crippen LogP contribution in [0, 0.1) is 0 Å². The molecule has 0 aliphatic heterocycles. The van der Waals surface area contributed by atoms with Crippen LogP contribution in [0.25, 0.3) is 0 Å². The Morgan fingerprint density at radius 2 is 2.06 bits per heavy atom. The van der Waals surface area contributed by atoms with Gasteiger partial charge in [0, 0.05) is 11.0 Å². The smallest absolute Gasteiger partial charge is 0.342 e. The van der Waals surface area contributed by atoms with Gasteiger partial charge in [0.05, 0.1) is 0 Å². The molecule has 0 saturated heterocycles. The molecule has 1 aromatic carbocycles. The summed E-state index contributed by atoms with van der Waals surface area (Å²) in [5.41, 5.74) is -0.179. The number of aromatic amines is 2. The number of rotatable bonds is 3. The Morgan fingerprint density at radius 3 is 2.76 bits per heavy atom. The molecule has 2 aromatic rings. The van der Waals surface area contributed by atoms with Crippen molar-refractivity contribution in [1.29, 1.82) is 0 Å². The molecule has 0 saturated carbocycles. The fraction of sp³-hybridized carbons (Fsp3) is 0.100. The van der Waals surface area contributed by atoms with E-state index in [9.17, 15) is 9.59 Å². The minimum atomic E-state index is -0.624. The predicted molar refractivity (Wildman–Crippen MR) is 66.9 cm³/mol. The average molecular weight is 297 g/mol. The van der Waals surface area contributed by atoms with Gasteiger partial charge in [-0.2, -0.15) is 0 Å². The summed E-state index contributed by atoms with van der Waals surface area (Å²) in [6.07, 6.45) is 0. The summed E-state index contributed by atoms with van der Waals surface area (Å²) in [6.45, 7) is 0.434. The van der Waals surface area contributed by atoms with Crippen LogP contribution in [0.2, 0.25) is 0 Å². The molecule has 0 bridgehead atoms. The van der Waals surface area contributed by atoms with E-state index in [-0.39, 0.29) is 5.82 Å². The Hall–Kier alpha value is -1.89. The molecule has 6 nitrogen and oxygen atoms in total. The molecular weight excluding hydrogens is 288 g/mol. The highest BCUT2D eigenvalue weighted by molar-refractivity contribution is 9.10. The van der Waals surface area contributed by atoms with Crippen molar-refractivity contribution >= 4 is 21.7 Å². The number of hydrogen-bond acceptors (Lipinski definition) is 4. The molecule has 3 N–H and O–H groups in total. The van der Waals surface area contributed by atoms with E-state index in [0.717, 1.165) is 10.0 Å². The Labute approximate surface area is 104 Å². The summed E-state index contributed by atoms with van der Waals surface area (Å²) in [5.74, 6) is 0.0837. The van der Waals surface area contributed by atoms with Crippen LogP contribution in [0.4, 0.5) is 5.82 Å². The van der Waals surface area contributed by atoms with Gasteiger partial charge in [0.1, 0.15) is 0 Å². The third-order valence-electron chi connectivity index (χ3n) is 2.12.